The van der Waals surface area contributed by atoms with Crippen molar-refractivity contribution >= 4 is 12.2 Å². The maximum Gasteiger partial charge on any atom is 0.410 e. The van der Waals surface area contributed by atoms with Gasteiger partial charge in [-0.15, -0.1) is 0 Å². The van der Waals surface area contributed by atoms with Crippen LogP contribution in [0.15, 0.2) is 0 Å². The van der Waals surface area contributed by atoms with Crippen molar-refractivity contribution in [2.24, 2.45) is 0 Å². The Kier molecular flexibility index (Phi) is 12.6. The minimum atomic E-state index is -0.452. The number of rotatable bonds is 5. The van der Waals surface area contributed by atoms with E-state index in [4.69, 9.17) is 24.1 Å². The summed E-state index contributed by atoms with van der Waals surface area (Å²) >= 11 is 0. The molecule has 3 heterocycles. The lowest BCUT2D eigenvalue weighted by atomic mass is 10.1. The molecule has 0 bridgehead atoms. The number of ether oxygens (including phenoxy) is 4. The highest BCUT2D eigenvalue weighted by Gasteiger charge is 2.35. The minimum absolute atomic E-state index is 0.0270. The highest BCUT2D eigenvalue weighted by atomic mass is 16.6. The standard InChI is InChI=1S/C10H19NO3.C9H17NO3.C5H11NO/c1-10(2,3)14-9(12)11-6-5-8(11)7-13-4;1-9(2,3)13-8(12)10-5-4-7(10)6-11;1-7-4-5-2-3-6-5/h8H,5-7H2,1-4H3;7,11H,4-6H2,1-3H3;5-6H,2-4H2,1H3/t8-;7-;5-/m000/s1. The van der Waals surface area contributed by atoms with Crippen LogP contribution < -0.4 is 5.32 Å². The molecular formula is C24H47N3O7. The van der Waals surface area contributed by atoms with Gasteiger partial charge in [0.05, 0.1) is 31.9 Å². The molecule has 0 aromatic rings. The van der Waals surface area contributed by atoms with E-state index in [9.17, 15) is 9.59 Å². The van der Waals surface area contributed by atoms with Crippen molar-refractivity contribution in [1.82, 2.24) is 15.1 Å². The molecule has 0 aliphatic carbocycles. The van der Waals surface area contributed by atoms with Gasteiger partial charge >= 0.3 is 12.2 Å². The molecule has 10 nitrogen and oxygen atoms in total. The van der Waals surface area contributed by atoms with E-state index in [-0.39, 0.29) is 30.9 Å². The first-order chi connectivity index (χ1) is 15.8. The van der Waals surface area contributed by atoms with Crippen LogP contribution in [-0.2, 0) is 18.9 Å². The zero-order valence-electron chi connectivity index (χ0n) is 22.4. The van der Waals surface area contributed by atoms with Crippen LogP contribution in [-0.4, -0.2) is 110 Å². The van der Waals surface area contributed by atoms with E-state index >= 15 is 0 Å². The van der Waals surface area contributed by atoms with Gasteiger partial charge in [-0.2, -0.15) is 0 Å². The molecule has 3 saturated heterocycles. The van der Waals surface area contributed by atoms with Crippen molar-refractivity contribution in [3.8, 4) is 0 Å². The van der Waals surface area contributed by atoms with Crippen molar-refractivity contribution in [3.05, 3.63) is 0 Å². The number of aliphatic hydroxyl groups is 1. The fourth-order valence-corrected chi connectivity index (χ4v) is 3.25. The smallest absolute Gasteiger partial charge is 0.410 e. The Morgan fingerprint density at radius 2 is 1.26 bits per heavy atom. The third kappa shape index (κ3) is 11.2. The quantitative estimate of drug-likeness (QED) is 0.607. The molecule has 0 saturated carbocycles. The number of carbonyl (C=O) groups excluding carboxylic acids is 2. The Balaban J connectivity index is 0.000000268. The number of carbonyl (C=O) groups is 2. The van der Waals surface area contributed by atoms with E-state index in [2.05, 4.69) is 5.32 Å². The number of methoxy groups -OCH3 is 2. The van der Waals surface area contributed by atoms with Crippen molar-refractivity contribution in [3.63, 3.8) is 0 Å². The molecule has 2 amide bonds. The summed E-state index contributed by atoms with van der Waals surface area (Å²) in [7, 11) is 3.38. The van der Waals surface area contributed by atoms with E-state index in [1.165, 1.54) is 13.0 Å². The maximum atomic E-state index is 11.6. The molecule has 0 radical (unpaired) electrons. The first kappa shape index (κ1) is 30.4. The van der Waals surface area contributed by atoms with Crippen LogP contribution in [0.25, 0.3) is 0 Å². The number of amides is 2. The van der Waals surface area contributed by atoms with Gasteiger partial charge in [0, 0.05) is 33.4 Å². The Bertz CT molecular complexity index is 613. The normalized spacial score (nSPS) is 23.6. The van der Waals surface area contributed by atoms with Gasteiger partial charge in [-0.3, -0.25) is 0 Å². The van der Waals surface area contributed by atoms with Crippen molar-refractivity contribution in [2.45, 2.75) is 90.1 Å². The van der Waals surface area contributed by atoms with Gasteiger partial charge in [0.1, 0.15) is 11.2 Å². The highest BCUT2D eigenvalue weighted by Crippen LogP contribution is 2.21. The fourth-order valence-electron chi connectivity index (χ4n) is 3.25. The summed E-state index contributed by atoms with van der Waals surface area (Å²) in [6.45, 7) is 15.3. The van der Waals surface area contributed by atoms with E-state index in [1.807, 2.05) is 41.5 Å². The molecule has 0 aromatic heterocycles. The summed E-state index contributed by atoms with van der Waals surface area (Å²) in [6.07, 6.45) is 2.61. The number of nitrogens with zero attached hydrogens (tertiary/aromatic N) is 2. The van der Waals surface area contributed by atoms with E-state index in [1.54, 1.807) is 24.0 Å². The van der Waals surface area contributed by atoms with Gasteiger partial charge in [0.2, 0.25) is 0 Å². The van der Waals surface area contributed by atoms with Gasteiger partial charge in [0.15, 0.2) is 0 Å². The average Bonchev–Trinajstić information content (AvgIpc) is 2.59. The Morgan fingerprint density at radius 3 is 1.50 bits per heavy atom. The predicted molar refractivity (Wildman–Crippen MR) is 130 cm³/mol. The molecule has 3 aliphatic rings. The van der Waals surface area contributed by atoms with Crippen molar-refractivity contribution in [2.75, 3.05) is 53.7 Å². The topological polar surface area (TPSA) is 110 Å². The van der Waals surface area contributed by atoms with Crippen LogP contribution in [0.3, 0.4) is 0 Å². The molecular weight excluding hydrogens is 442 g/mol. The number of aliphatic hydroxyl groups excluding tert-OH is 1. The number of likely N-dealkylation sites (tertiary alicyclic amines) is 2. The summed E-state index contributed by atoms with van der Waals surface area (Å²) in [6, 6.07) is 0.828. The monoisotopic (exact) mass is 489 g/mol. The molecule has 0 unspecified atom stereocenters. The van der Waals surface area contributed by atoms with Crippen molar-refractivity contribution in [1.29, 1.82) is 0 Å². The average molecular weight is 490 g/mol. The van der Waals surface area contributed by atoms with Gasteiger partial charge in [-0.05, 0) is 67.3 Å². The number of hydrogen-bond donors (Lipinski definition) is 2. The van der Waals surface area contributed by atoms with E-state index in [0.29, 0.717) is 19.2 Å². The number of nitrogens with one attached hydrogen (secondary N) is 1. The third-order valence-electron chi connectivity index (χ3n) is 5.41. The Morgan fingerprint density at radius 1 is 0.824 bits per heavy atom. The molecule has 34 heavy (non-hydrogen) atoms. The molecule has 200 valence electrons. The lowest BCUT2D eigenvalue weighted by Gasteiger charge is -2.40. The summed E-state index contributed by atoms with van der Waals surface area (Å²) in [5.74, 6) is 0. The third-order valence-corrected chi connectivity index (χ3v) is 5.41. The van der Waals surface area contributed by atoms with Crippen LogP contribution in [0.1, 0.15) is 60.8 Å². The molecule has 3 rings (SSSR count). The predicted octanol–water partition coefficient (Wildman–Crippen LogP) is 2.63. The Labute approximate surface area is 205 Å². The van der Waals surface area contributed by atoms with Crippen LogP contribution >= 0.6 is 0 Å². The van der Waals surface area contributed by atoms with Gasteiger partial charge in [-0.25, -0.2) is 9.59 Å². The molecule has 0 aromatic carbocycles. The second kappa shape index (κ2) is 14.1. The van der Waals surface area contributed by atoms with E-state index < -0.39 is 11.2 Å². The first-order valence-electron chi connectivity index (χ1n) is 12.1. The van der Waals surface area contributed by atoms with Gasteiger partial charge < -0.3 is 39.2 Å². The summed E-state index contributed by atoms with van der Waals surface area (Å²) < 4.78 is 20.3. The van der Waals surface area contributed by atoms with Crippen LogP contribution in [0.2, 0.25) is 0 Å². The summed E-state index contributed by atoms with van der Waals surface area (Å²) in [5, 5.41) is 12.1. The van der Waals surface area contributed by atoms with Gasteiger partial charge in [-0.1, -0.05) is 0 Å². The SMILES string of the molecule is CC(C)(C)OC(=O)N1CC[C@H]1CO.COC[C@@H]1CCN1.COC[C@@H]1CCN1C(=O)OC(C)(C)C. The second-order valence-corrected chi connectivity index (χ2v) is 10.8. The van der Waals surface area contributed by atoms with Crippen LogP contribution in [0.4, 0.5) is 9.59 Å². The molecule has 0 spiro atoms. The second-order valence-electron chi connectivity index (χ2n) is 10.8. The van der Waals surface area contributed by atoms with Crippen LogP contribution in [0, 0.1) is 0 Å². The zero-order valence-corrected chi connectivity index (χ0v) is 22.4. The van der Waals surface area contributed by atoms with Gasteiger partial charge in [0.25, 0.3) is 0 Å². The fraction of sp³-hybridized carbons (Fsp3) is 0.917. The molecule has 2 N–H and O–H groups in total. The largest absolute Gasteiger partial charge is 0.444 e. The Hall–Kier alpha value is -1.62. The minimum Gasteiger partial charge on any atom is -0.444 e. The van der Waals surface area contributed by atoms with Crippen LogP contribution in [0.5, 0.6) is 0 Å². The first-order valence-corrected chi connectivity index (χ1v) is 12.1. The molecule has 3 atom stereocenters. The lowest BCUT2D eigenvalue weighted by molar-refractivity contribution is -0.0219. The maximum absolute atomic E-state index is 11.6. The highest BCUT2D eigenvalue weighted by molar-refractivity contribution is 5.70. The van der Waals surface area contributed by atoms with E-state index in [0.717, 1.165) is 26.0 Å². The molecule has 3 aliphatic heterocycles. The molecule has 3 fully saturated rings. The number of hydrogen-bond acceptors (Lipinski definition) is 8. The van der Waals surface area contributed by atoms with Crippen molar-refractivity contribution < 1.29 is 33.6 Å². The zero-order chi connectivity index (χ0) is 25.9. The summed E-state index contributed by atoms with van der Waals surface area (Å²) in [5.41, 5.74) is -0.864. The summed E-state index contributed by atoms with van der Waals surface area (Å²) in [4.78, 5) is 26.3. The lowest BCUT2D eigenvalue weighted by Crippen LogP contribution is -2.54. The molecule has 10 heteroatoms.